The van der Waals surface area contributed by atoms with E-state index in [-0.39, 0.29) is 27.8 Å². The van der Waals surface area contributed by atoms with Crippen LogP contribution in [0.25, 0.3) is 21.1 Å². The van der Waals surface area contributed by atoms with Crippen molar-refractivity contribution in [2.45, 2.75) is 95.6 Å². The number of benzene rings is 1. The molecule has 2 bridgehead atoms. The van der Waals surface area contributed by atoms with E-state index in [4.69, 9.17) is 0 Å². The molecule has 4 aromatic rings. The summed E-state index contributed by atoms with van der Waals surface area (Å²) in [5.41, 5.74) is 4.34. The summed E-state index contributed by atoms with van der Waals surface area (Å²) in [5.74, 6) is 0.772. The molecule has 0 spiro atoms. The number of carbonyl (C=O) groups is 1. The van der Waals surface area contributed by atoms with Gasteiger partial charge in [-0.1, -0.05) is 6.07 Å². The number of hydrogen-bond acceptors (Lipinski definition) is 8. The van der Waals surface area contributed by atoms with Gasteiger partial charge in [-0.2, -0.15) is 18.4 Å². The standard InChI is InChI=1S/C37H43F3N8OS/c1-24-25(18-47-11-6-26(7-12-47)44-33-30-15-28(16-37(38,39)40)50-34(30)43-23-42-33)4-5-31-29(24)14-27(17-41)48(31)22-35-19-36(20-35,21-35)45-32(49)8-13-46-9-2-3-10-46/h4-5,14-15,23,26H,2-3,6-13,16,18-22H2,1H3,(H,45,49)(H,42,43,44). The van der Waals surface area contributed by atoms with Crippen molar-refractivity contribution >= 4 is 44.2 Å². The van der Waals surface area contributed by atoms with Crippen LogP contribution in [0, 0.1) is 23.7 Å². The van der Waals surface area contributed by atoms with Gasteiger partial charge in [-0.3, -0.25) is 9.69 Å². The minimum absolute atomic E-state index is 0.0466. The molecule has 3 aliphatic carbocycles. The first-order valence-corrected chi connectivity index (χ1v) is 18.7. The number of halogens is 3. The fourth-order valence-electron chi connectivity index (χ4n) is 9.19. The van der Waals surface area contributed by atoms with E-state index >= 15 is 0 Å². The van der Waals surface area contributed by atoms with Crippen molar-refractivity contribution in [3.8, 4) is 6.07 Å². The van der Waals surface area contributed by atoms with Gasteiger partial charge in [0, 0.05) is 66.5 Å². The van der Waals surface area contributed by atoms with Crippen molar-refractivity contribution in [3.63, 3.8) is 0 Å². The predicted octanol–water partition coefficient (Wildman–Crippen LogP) is 6.53. The number of rotatable bonds is 11. The number of likely N-dealkylation sites (tertiary alicyclic amines) is 2. The molecule has 0 unspecified atom stereocenters. The first-order valence-electron chi connectivity index (χ1n) is 17.8. The molecule has 9 nitrogen and oxygen atoms in total. The van der Waals surface area contributed by atoms with E-state index < -0.39 is 12.6 Å². The maximum atomic E-state index is 13.0. The van der Waals surface area contributed by atoms with E-state index in [1.807, 2.05) is 6.07 Å². The lowest BCUT2D eigenvalue weighted by molar-refractivity contribution is -0.171. The molecule has 264 valence electrons. The summed E-state index contributed by atoms with van der Waals surface area (Å²) in [7, 11) is 0. The number of amides is 1. The number of nitriles is 1. The lowest BCUT2D eigenvalue weighted by Crippen LogP contribution is -2.75. The number of hydrogen-bond donors (Lipinski definition) is 2. The molecule has 5 aliphatic rings. The number of alkyl halides is 3. The number of nitrogens with one attached hydrogen (secondary N) is 2. The Morgan fingerprint density at radius 3 is 2.54 bits per heavy atom. The molecule has 0 atom stereocenters. The van der Waals surface area contributed by atoms with Crippen LogP contribution in [-0.4, -0.2) is 80.7 Å². The van der Waals surface area contributed by atoms with Crippen LogP contribution in [0.2, 0.25) is 0 Å². The van der Waals surface area contributed by atoms with Crippen LogP contribution < -0.4 is 10.6 Å². The maximum absolute atomic E-state index is 13.0. The average molecular weight is 705 g/mol. The van der Waals surface area contributed by atoms with Gasteiger partial charge in [0.05, 0.1) is 11.8 Å². The molecule has 2 saturated heterocycles. The fraction of sp³-hybridized carbons (Fsp3) is 0.568. The second-order valence-electron chi connectivity index (χ2n) is 15.3. The Morgan fingerprint density at radius 2 is 1.82 bits per heavy atom. The highest BCUT2D eigenvalue weighted by atomic mass is 32.1. The molecule has 1 aromatic carbocycles. The fourth-order valence-corrected chi connectivity index (χ4v) is 10.2. The van der Waals surface area contributed by atoms with Crippen LogP contribution in [-0.2, 0) is 24.3 Å². The summed E-state index contributed by atoms with van der Waals surface area (Å²) in [6.45, 7) is 8.61. The van der Waals surface area contributed by atoms with Gasteiger partial charge in [0.1, 0.15) is 28.7 Å². The van der Waals surface area contributed by atoms with Gasteiger partial charge in [-0.15, -0.1) is 11.3 Å². The van der Waals surface area contributed by atoms with E-state index in [1.54, 1.807) is 6.07 Å². The van der Waals surface area contributed by atoms with E-state index in [2.05, 4.69) is 60.1 Å². The molecule has 0 radical (unpaired) electrons. The lowest BCUT2D eigenvalue weighted by atomic mass is 9.39. The largest absolute Gasteiger partial charge is 0.393 e. The minimum Gasteiger partial charge on any atom is -0.367 e. The van der Waals surface area contributed by atoms with Crippen LogP contribution in [0.4, 0.5) is 19.0 Å². The highest BCUT2D eigenvalue weighted by Gasteiger charge is 2.68. The normalized spacial score (nSPS) is 24.3. The second kappa shape index (κ2) is 12.8. The van der Waals surface area contributed by atoms with Crippen LogP contribution in [0.15, 0.2) is 30.6 Å². The van der Waals surface area contributed by atoms with Gasteiger partial charge in [0.15, 0.2) is 0 Å². The van der Waals surface area contributed by atoms with E-state index in [1.165, 1.54) is 30.3 Å². The van der Waals surface area contributed by atoms with Gasteiger partial charge in [0.2, 0.25) is 5.91 Å². The Bertz CT molecular complexity index is 1940. The van der Waals surface area contributed by atoms with Gasteiger partial charge in [-0.05, 0) is 99.7 Å². The van der Waals surface area contributed by atoms with Crippen molar-refractivity contribution in [2.24, 2.45) is 5.41 Å². The molecule has 13 heteroatoms. The lowest BCUT2D eigenvalue weighted by Gasteiger charge is -2.71. The Labute approximate surface area is 293 Å². The van der Waals surface area contributed by atoms with Crippen molar-refractivity contribution in [1.82, 2.24) is 29.7 Å². The van der Waals surface area contributed by atoms with Crippen molar-refractivity contribution in [1.29, 1.82) is 5.26 Å². The van der Waals surface area contributed by atoms with E-state index in [0.717, 1.165) is 100 Å². The Morgan fingerprint density at radius 1 is 1.06 bits per heavy atom. The first-order chi connectivity index (χ1) is 24.0. The molecule has 2 aliphatic heterocycles. The molecule has 3 aromatic heterocycles. The highest BCUT2D eigenvalue weighted by molar-refractivity contribution is 7.18. The summed E-state index contributed by atoms with van der Waals surface area (Å²) < 4.78 is 41.1. The summed E-state index contributed by atoms with van der Waals surface area (Å²) in [6, 6.07) is 10.6. The van der Waals surface area contributed by atoms with Crippen molar-refractivity contribution < 1.29 is 18.0 Å². The zero-order valence-electron chi connectivity index (χ0n) is 28.4. The summed E-state index contributed by atoms with van der Waals surface area (Å²) >= 11 is 1.07. The third-order valence-electron chi connectivity index (χ3n) is 11.6. The Hall–Kier alpha value is -3.73. The Balaban J connectivity index is 0.866. The molecule has 9 rings (SSSR count). The third-order valence-corrected chi connectivity index (χ3v) is 12.6. The van der Waals surface area contributed by atoms with Gasteiger partial charge < -0.3 is 20.1 Å². The molecule has 3 saturated carbocycles. The second-order valence-corrected chi connectivity index (χ2v) is 16.4. The number of thiophene rings is 1. The summed E-state index contributed by atoms with van der Waals surface area (Å²) in [5, 5.41) is 18.7. The van der Waals surface area contributed by atoms with Crippen molar-refractivity contribution in [3.05, 3.63) is 52.3 Å². The average Bonchev–Trinajstić information content (AvgIpc) is 3.79. The molecule has 50 heavy (non-hydrogen) atoms. The maximum Gasteiger partial charge on any atom is 0.393 e. The van der Waals surface area contributed by atoms with Crippen LogP contribution in [0.5, 0.6) is 0 Å². The first kappa shape index (κ1) is 33.4. The SMILES string of the molecule is Cc1c(CN2CCC(Nc3ncnc4sc(CC(F)(F)F)cc34)CC2)ccc2c1cc(C#N)n2CC12CC(NC(=O)CCN3CCCC3)(C1)C2. The van der Waals surface area contributed by atoms with Gasteiger partial charge in [0.25, 0.3) is 0 Å². The molecule has 2 N–H and O–H groups in total. The zero-order valence-corrected chi connectivity index (χ0v) is 29.2. The number of aromatic nitrogens is 3. The van der Waals surface area contributed by atoms with E-state index in [9.17, 15) is 23.2 Å². The molecular weight excluding hydrogens is 662 g/mol. The quantitative estimate of drug-likeness (QED) is 0.183. The summed E-state index contributed by atoms with van der Waals surface area (Å²) in [4.78, 5) is 26.9. The smallest absolute Gasteiger partial charge is 0.367 e. The number of piperidine rings is 1. The topological polar surface area (TPSA) is 102 Å². The minimum atomic E-state index is -4.26. The highest BCUT2D eigenvalue weighted by Crippen LogP contribution is 2.68. The van der Waals surface area contributed by atoms with Gasteiger partial charge in [-0.25, -0.2) is 9.97 Å². The molecule has 5 heterocycles. The van der Waals surface area contributed by atoms with Crippen LogP contribution >= 0.6 is 11.3 Å². The molecule has 1 amide bonds. The zero-order chi connectivity index (χ0) is 34.7. The van der Waals surface area contributed by atoms with Gasteiger partial charge >= 0.3 is 6.18 Å². The number of fused-ring (bicyclic) bond motifs is 2. The van der Waals surface area contributed by atoms with Crippen LogP contribution in [0.3, 0.4) is 0 Å². The number of aryl methyl sites for hydroxylation is 1. The van der Waals surface area contributed by atoms with Crippen LogP contribution in [0.1, 0.15) is 73.1 Å². The summed E-state index contributed by atoms with van der Waals surface area (Å²) in [6.07, 6.45) is 3.99. The monoisotopic (exact) mass is 704 g/mol. The molecule has 5 fully saturated rings. The third kappa shape index (κ3) is 6.58. The van der Waals surface area contributed by atoms with Crippen molar-refractivity contribution in [2.75, 3.05) is 38.0 Å². The number of nitrogens with zero attached hydrogens (tertiary/aromatic N) is 6. The van der Waals surface area contributed by atoms with E-state index in [0.29, 0.717) is 28.1 Å². The number of carbonyl (C=O) groups excluding carboxylic acids is 1. The number of anilines is 1. The molecular formula is C37H43F3N8OS. The predicted molar refractivity (Wildman–Crippen MR) is 188 cm³/mol. The Kier molecular flexibility index (Phi) is 8.55.